The molecule has 0 radical (unpaired) electrons. The number of thiocarbonyl (C=S) groups is 1. The van der Waals surface area contributed by atoms with E-state index in [9.17, 15) is 0 Å². The Hall–Kier alpha value is -2.08. The average Bonchev–Trinajstić information content (AvgIpc) is 2.81. The van der Waals surface area contributed by atoms with E-state index in [0.29, 0.717) is 17.3 Å². The zero-order valence-electron chi connectivity index (χ0n) is 9.70. The molecule has 0 spiro atoms. The molecular weight excluding hydrogens is 248 g/mol. The van der Waals surface area contributed by atoms with E-state index in [1.165, 1.54) is 0 Å². The van der Waals surface area contributed by atoms with Gasteiger partial charge in [-0.2, -0.15) is 0 Å². The highest BCUT2D eigenvalue weighted by Crippen LogP contribution is 2.15. The Balaban J connectivity index is 2.16. The van der Waals surface area contributed by atoms with E-state index in [4.69, 9.17) is 17.0 Å². The van der Waals surface area contributed by atoms with Crippen molar-refractivity contribution < 1.29 is 4.74 Å². The number of nitrogens with zero attached hydrogens (tertiary/aromatic N) is 4. The third-order valence-electron chi connectivity index (χ3n) is 2.66. The zero-order valence-corrected chi connectivity index (χ0v) is 10.5. The molecule has 18 heavy (non-hydrogen) atoms. The smallest absolute Gasteiger partial charge is 0.166 e. The first kappa shape index (κ1) is 11.0. The van der Waals surface area contributed by atoms with Gasteiger partial charge in [0.2, 0.25) is 0 Å². The SMILES string of the molecule is COC(=S)Cc1nc2c3ccccc3ncn2n1. The molecule has 90 valence electrons. The fourth-order valence-electron chi connectivity index (χ4n) is 1.80. The topological polar surface area (TPSA) is 52.3 Å². The van der Waals surface area contributed by atoms with Crippen LogP contribution >= 0.6 is 12.2 Å². The molecule has 3 aromatic rings. The maximum absolute atomic E-state index is 5.01. The second-order valence-electron chi connectivity index (χ2n) is 3.81. The first-order valence-corrected chi connectivity index (χ1v) is 5.84. The van der Waals surface area contributed by atoms with Crippen molar-refractivity contribution >= 4 is 33.8 Å². The van der Waals surface area contributed by atoms with Gasteiger partial charge in [0.25, 0.3) is 0 Å². The second-order valence-corrected chi connectivity index (χ2v) is 4.27. The van der Waals surface area contributed by atoms with Gasteiger partial charge >= 0.3 is 0 Å². The monoisotopic (exact) mass is 258 g/mol. The molecule has 0 unspecified atom stereocenters. The van der Waals surface area contributed by atoms with Gasteiger partial charge in [-0.3, -0.25) is 0 Å². The number of ether oxygens (including phenoxy) is 1. The highest BCUT2D eigenvalue weighted by Gasteiger charge is 2.09. The number of aromatic nitrogens is 4. The number of benzene rings is 1. The van der Waals surface area contributed by atoms with E-state index in [1.54, 1.807) is 18.0 Å². The molecule has 0 aliphatic carbocycles. The van der Waals surface area contributed by atoms with Crippen LogP contribution in [0.25, 0.3) is 16.6 Å². The Morgan fingerprint density at radius 1 is 1.39 bits per heavy atom. The summed E-state index contributed by atoms with van der Waals surface area (Å²) in [7, 11) is 1.55. The van der Waals surface area contributed by atoms with E-state index in [0.717, 1.165) is 16.6 Å². The Morgan fingerprint density at radius 3 is 3.06 bits per heavy atom. The zero-order chi connectivity index (χ0) is 12.5. The van der Waals surface area contributed by atoms with Crippen LogP contribution in [0.15, 0.2) is 30.6 Å². The molecule has 0 aliphatic heterocycles. The summed E-state index contributed by atoms with van der Waals surface area (Å²) in [6.07, 6.45) is 2.09. The van der Waals surface area contributed by atoms with Crippen LogP contribution in [-0.4, -0.2) is 31.7 Å². The maximum Gasteiger partial charge on any atom is 0.166 e. The Labute approximate surface area is 108 Å². The van der Waals surface area contributed by atoms with Gasteiger partial charge in [0, 0.05) is 5.39 Å². The molecule has 2 heterocycles. The standard InChI is InChI=1S/C12H10N4OS/c1-17-11(18)6-10-14-12-8-4-2-3-5-9(8)13-7-16(12)15-10/h2-5,7H,6H2,1H3. The van der Waals surface area contributed by atoms with Gasteiger partial charge in [-0.25, -0.2) is 14.5 Å². The van der Waals surface area contributed by atoms with Gasteiger partial charge < -0.3 is 4.74 Å². The molecule has 0 amide bonds. The van der Waals surface area contributed by atoms with E-state index >= 15 is 0 Å². The minimum atomic E-state index is 0.432. The van der Waals surface area contributed by atoms with Gasteiger partial charge in [-0.05, 0) is 24.4 Å². The molecule has 2 aromatic heterocycles. The van der Waals surface area contributed by atoms with Crippen molar-refractivity contribution in [3.63, 3.8) is 0 Å². The molecule has 0 saturated heterocycles. The van der Waals surface area contributed by atoms with Gasteiger partial charge in [0.15, 0.2) is 16.5 Å². The van der Waals surface area contributed by atoms with Crippen molar-refractivity contribution in [2.24, 2.45) is 0 Å². The number of methoxy groups -OCH3 is 1. The molecule has 0 fully saturated rings. The largest absolute Gasteiger partial charge is 0.490 e. The normalized spacial score (nSPS) is 10.9. The maximum atomic E-state index is 5.01. The average molecular weight is 258 g/mol. The highest BCUT2D eigenvalue weighted by atomic mass is 32.1. The quantitative estimate of drug-likeness (QED) is 0.656. The first-order valence-electron chi connectivity index (χ1n) is 5.44. The van der Waals surface area contributed by atoms with Crippen LogP contribution in [0.4, 0.5) is 0 Å². The molecule has 0 atom stereocenters. The predicted molar refractivity (Wildman–Crippen MR) is 71.6 cm³/mol. The fraction of sp³-hybridized carbons (Fsp3) is 0.167. The van der Waals surface area contributed by atoms with Gasteiger partial charge in [-0.1, -0.05) is 12.1 Å². The number of hydrogen-bond acceptors (Lipinski definition) is 5. The van der Waals surface area contributed by atoms with Crippen molar-refractivity contribution in [3.8, 4) is 0 Å². The van der Waals surface area contributed by atoms with Crippen LogP contribution < -0.4 is 0 Å². The van der Waals surface area contributed by atoms with Crippen LogP contribution in [0, 0.1) is 0 Å². The molecule has 6 heteroatoms. The van der Waals surface area contributed by atoms with Gasteiger partial charge in [-0.15, -0.1) is 5.10 Å². The van der Waals surface area contributed by atoms with Crippen molar-refractivity contribution in [1.29, 1.82) is 0 Å². The lowest BCUT2D eigenvalue weighted by atomic mass is 10.2. The summed E-state index contributed by atoms with van der Waals surface area (Å²) < 4.78 is 6.63. The van der Waals surface area contributed by atoms with E-state index in [2.05, 4.69) is 15.1 Å². The molecule has 0 bridgehead atoms. The van der Waals surface area contributed by atoms with E-state index in [1.807, 2.05) is 24.3 Å². The third-order valence-corrected chi connectivity index (χ3v) is 2.97. The van der Waals surface area contributed by atoms with Crippen molar-refractivity contribution in [2.75, 3.05) is 7.11 Å². The third kappa shape index (κ3) is 1.80. The van der Waals surface area contributed by atoms with Crippen LogP contribution in [0.1, 0.15) is 5.82 Å². The van der Waals surface area contributed by atoms with Crippen LogP contribution in [-0.2, 0) is 11.2 Å². The van der Waals surface area contributed by atoms with Crippen molar-refractivity contribution in [2.45, 2.75) is 6.42 Å². The number of rotatable bonds is 2. The lowest BCUT2D eigenvalue weighted by molar-refractivity contribution is 0.405. The summed E-state index contributed by atoms with van der Waals surface area (Å²) in [6, 6.07) is 7.83. The summed E-state index contributed by atoms with van der Waals surface area (Å²) in [4.78, 5) is 8.79. The van der Waals surface area contributed by atoms with Gasteiger partial charge in [0.1, 0.15) is 6.33 Å². The molecule has 3 rings (SSSR count). The minimum absolute atomic E-state index is 0.432. The summed E-state index contributed by atoms with van der Waals surface area (Å²) >= 11 is 5.01. The summed E-state index contributed by atoms with van der Waals surface area (Å²) in [5, 5.41) is 5.78. The van der Waals surface area contributed by atoms with E-state index in [-0.39, 0.29) is 0 Å². The van der Waals surface area contributed by atoms with Crippen molar-refractivity contribution in [3.05, 3.63) is 36.4 Å². The Morgan fingerprint density at radius 2 is 2.22 bits per heavy atom. The number of para-hydroxylation sites is 1. The molecule has 0 N–H and O–H groups in total. The highest BCUT2D eigenvalue weighted by molar-refractivity contribution is 7.80. The molecule has 0 aliphatic rings. The lowest BCUT2D eigenvalue weighted by Crippen LogP contribution is -2.03. The summed E-state index contributed by atoms with van der Waals surface area (Å²) in [5.74, 6) is 0.639. The van der Waals surface area contributed by atoms with Crippen LogP contribution in [0.5, 0.6) is 0 Å². The first-order chi connectivity index (χ1) is 8.78. The summed E-state index contributed by atoms with van der Waals surface area (Å²) in [6.45, 7) is 0. The van der Waals surface area contributed by atoms with Gasteiger partial charge in [0.05, 0.1) is 19.0 Å². The Bertz CT molecular complexity index is 737. The van der Waals surface area contributed by atoms with Crippen LogP contribution in [0.3, 0.4) is 0 Å². The minimum Gasteiger partial charge on any atom is -0.490 e. The molecular formula is C12H10N4OS. The number of fused-ring (bicyclic) bond motifs is 3. The predicted octanol–water partition coefficient (Wildman–Crippen LogP) is 1.79. The Kier molecular flexibility index (Phi) is 2.64. The van der Waals surface area contributed by atoms with Crippen molar-refractivity contribution in [1.82, 2.24) is 19.6 Å². The lowest BCUT2D eigenvalue weighted by Gasteiger charge is -1.96. The second kappa shape index (κ2) is 4.30. The summed E-state index contributed by atoms with van der Waals surface area (Å²) in [5.41, 5.74) is 1.69. The fourth-order valence-corrected chi connectivity index (χ4v) is 1.93. The number of hydrogen-bond donors (Lipinski definition) is 0. The molecule has 0 saturated carbocycles. The molecule has 5 nitrogen and oxygen atoms in total. The van der Waals surface area contributed by atoms with Crippen LogP contribution in [0.2, 0.25) is 0 Å². The molecule has 1 aromatic carbocycles. The van der Waals surface area contributed by atoms with E-state index < -0.39 is 0 Å².